The van der Waals surface area contributed by atoms with Gasteiger partial charge in [0.2, 0.25) is 11.7 Å². The van der Waals surface area contributed by atoms with Crippen LogP contribution in [0.25, 0.3) is 0 Å². The molecule has 122 valence electrons. The first kappa shape index (κ1) is 16.6. The van der Waals surface area contributed by atoms with Crippen LogP contribution in [0.15, 0.2) is 30.5 Å². The van der Waals surface area contributed by atoms with Crippen molar-refractivity contribution < 1.29 is 19.2 Å². The molecule has 0 bridgehead atoms. The number of aryl methyl sites for hydroxylation is 1. The molecule has 0 spiro atoms. The zero-order valence-electron chi connectivity index (χ0n) is 12.3. The average Bonchev–Trinajstić information content (AvgIpc) is 2.87. The predicted octanol–water partition coefficient (Wildman–Crippen LogP) is 1.09. The maximum absolute atomic E-state index is 12.8. The Morgan fingerprint density at radius 2 is 2.13 bits per heavy atom. The lowest BCUT2D eigenvalue weighted by Crippen LogP contribution is -2.31. The van der Waals surface area contributed by atoms with Gasteiger partial charge >= 0.3 is 5.82 Å². The number of benzene rings is 1. The molecule has 1 aromatic heterocycles. The van der Waals surface area contributed by atoms with Crippen LogP contribution in [0.4, 0.5) is 10.2 Å². The smallest absolute Gasteiger partial charge is 0.381 e. The van der Waals surface area contributed by atoms with Gasteiger partial charge in [-0.2, -0.15) is 0 Å². The Morgan fingerprint density at radius 3 is 2.70 bits per heavy atom. The fourth-order valence-electron chi connectivity index (χ4n) is 1.96. The highest BCUT2D eigenvalue weighted by Crippen LogP contribution is 2.13. The first-order chi connectivity index (χ1) is 10.9. The summed E-state index contributed by atoms with van der Waals surface area (Å²) in [6, 6.07) is 5.29. The molecule has 9 heteroatoms. The molecule has 1 aromatic carbocycles. The van der Waals surface area contributed by atoms with E-state index in [9.17, 15) is 24.4 Å². The number of rotatable bonds is 6. The molecule has 0 aliphatic rings. The lowest BCUT2D eigenvalue weighted by Gasteiger charge is -2.12. The van der Waals surface area contributed by atoms with Crippen LogP contribution in [0.2, 0.25) is 0 Å². The van der Waals surface area contributed by atoms with Crippen molar-refractivity contribution in [3.05, 3.63) is 57.8 Å². The number of aromatic nitrogens is 2. The van der Waals surface area contributed by atoms with Gasteiger partial charge in [0.25, 0.3) is 0 Å². The number of hydrogen-bond donors (Lipinski definition) is 2. The van der Waals surface area contributed by atoms with Crippen molar-refractivity contribution in [2.75, 3.05) is 6.54 Å². The number of aliphatic hydroxyl groups excluding tert-OH is 1. The van der Waals surface area contributed by atoms with Crippen LogP contribution in [-0.2, 0) is 11.3 Å². The summed E-state index contributed by atoms with van der Waals surface area (Å²) in [6.07, 6.45) is 0.198. The highest BCUT2D eigenvalue weighted by atomic mass is 19.1. The van der Waals surface area contributed by atoms with Crippen LogP contribution < -0.4 is 5.32 Å². The van der Waals surface area contributed by atoms with E-state index in [0.717, 1.165) is 0 Å². The van der Waals surface area contributed by atoms with E-state index < -0.39 is 22.8 Å². The molecular formula is C14H15FN4O4. The van der Waals surface area contributed by atoms with Gasteiger partial charge in [-0.1, -0.05) is 12.1 Å². The second-order valence-electron chi connectivity index (χ2n) is 4.90. The van der Waals surface area contributed by atoms with Gasteiger partial charge in [0.05, 0.1) is 6.10 Å². The summed E-state index contributed by atoms with van der Waals surface area (Å²) < 4.78 is 14.1. The first-order valence-corrected chi connectivity index (χ1v) is 6.75. The molecule has 1 unspecified atom stereocenters. The van der Waals surface area contributed by atoms with Crippen molar-refractivity contribution in [3.63, 3.8) is 0 Å². The predicted molar refractivity (Wildman–Crippen MR) is 78.0 cm³/mol. The molecule has 1 atom stereocenters. The molecule has 0 fully saturated rings. The van der Waals surface area contributed by atoms with Crippen LogP contribution >= 0.6 is 0 Å². The molecule has 8 nitrogen and oxygen atoms in total. The number of nitro groups is 1. The number of carbonyl (C=O) groups is 1. The van der Waals surface area contributed by atoms with E-state index in [1.807, 2.05) is 0 Å². The van der Waals surface area contributed by atoms with Gasteiger partial charge in [-0.05, 0) is 27.6 Å². The number of nitrogens with zero attached hydrogens (tertiary/aromatic N) is 3. The van der Waals surface area contributed by atoms with Crippen molar-refractivity contribution in [1.82, 2.24) is 14.9 Å². The summed E-state index contributed by atoms with van der Waals surface area (Å²) in [5.41, 5.74) is 0.473. The fourth-order valence-corrected chi connectivity index (χ4v) is 1.96. The van der Waals surface area contributed by atoms with Crippen molar-refractivity contribution in [2.45, 2.75) is 19.6 Å². The van der Waals surface area contributed by atoms with Crippen molar-refractivity contribution in [3.8, 4) is 0 Å². The van der Waals surface area contributed by atoms with Gasteiger partial charge in [0.15, 0.2) is 0 Å². The fraction of sp³-hybridized carbons (Fsp3) is 0.286. The lowest BCUT2D eigenvalue weighted by atomic mass is 10.1. The van der Waals surface area contributed by atoms with E-state index in [1.54, 1.807) is 6.92 Å². The minimum Gasteiger partial charge on any atom is -0.387 e. The van der Waals surface area contributed by atoms with E-state index >= 15 is 0 Å². The Hall–Kier alpha value is -2.81. The van der Waals surface area contributed by atoms with Crippen LogP contribution in [0.5, 0.6) is 0 Å². The summed E-state index contributed by atoms with van der Waals surface area (Å²) in [7, 11) is 0. The molecule has 0 saturated heterocycles. The summed E-state index contributed by atoms with van der Waals surface area (Å²) >= 11 is 0. The van der Waals surface area contributed by atoms with Crippen LogP contribution in [0.3, 0.4) is 0 Å². The molecule has 23 heavy (non-hydrogen) atoms. The van der Waals surface area contributed by atoms with Gasteiger partial charge in [-0.3, -0.25) is 9.36 Å². The molecule has 1 amide bonds. The van der Waals surface area contributed by atoms with E-state index in [4.69, 9.17) is 0 Å². The SMILES string of the molecule is Cc1nc([N+](=O)[O-])cn1CC(=O)NCC(O)c1ccc(F)cc1. The maximum Gasteiger partial charge on any atom is 0.381 e. The van der Waals surface area contributed by atoms with E-state index in [1.165, 1.54) is 35.0 Å². The van der Waals surface area contributed by atoms with Gasteiger partial charge < -0.3 is 20.5 Å². The average molecular weight is 322 g/mol. The van der Waals surface area contributed by atoms with Crippen molar-refractivity contribution in [2.24, 2.45) is 0 Å². The summed E-state index contributed by atoms with van der Waals surface area (Å²) in [6.45, 7) is 1.34. The van der Waals surface area contributed by atoms with Gasteiger partial charge in [0.1, 0.15) is 18.6 Å². The summed E-state index contributed by atoms with van der Waals surface area (Å²) in [5.74, 6) is -0.837. The number of nitrogens with one attached hydrogen (secondary N) is 1. The summed E-state index contributed by atoms with van der Waals surface area (Å²) in [4.78, 5) is 25.5. The third-order valence-corrected chi connectivity index (χ3v) is 3.21. The molecule has 0 aliphatic heterocycles. The largest absolute Gasteiger partial charge is 0.387 e. The van der Waals surface area contributed by atoms with Crippen molar-refractivity contribution in [1.29, 1.82) is 0 Å². The Labute approximate surface area is 130 Å². The summed E-state index contributed by atoms with van der Waals surface area (Å²) in [5, 5.41) is 23.0. The molecule has 2 N–H and O–H groups in total. The zero-order valence-corrected chi connectivity index (χ0v) is 12.3. The Balaban J connectivity index is 1.90. The third-order valence-electron chi connectivity index (χ3n) is 3.21. The number of hydrogen-bond acceptors (Lipinski definition) is 5. The van der Waals surface area contributed by atoms with Crippen LogP contribution in [0, 0.1) is 22.9 Å². The number of amides is 1. The van der Waals surface area contributed by atoms with E-state index in [-0.39, 0.29) is 18.9 Å². The van der Waals surface area contributed by atoms with Crippen LogP contribution in [-0.4, -0.2) is 32.0 Å². The molecule has 0 saturated carbocycles. The Morgan fingerprint density at radius 1 is 1.48 bits per heavy atom. The second kappa shape index (κ2) is 6.97. The maximum atomic E-state index is 12.8. The topological polar surface area (TPSA) is 110 Å². The lowest BCUT2D eigenvalue weighted by molar-refractivity contribution is -0.389. The monoisotopic (exact) mass is 322 g/mol. The molecular weight excluding hydrogens is 307 g/mol. The Kier molecular flexibility index (Phi) is 5.02. The minimum absolute atomic E-state index is 0.0553. The standard InChI is InChI=1S/C14H15FN4O4/c1-9-17-13(19(22)23)7-18(9)8-14(21)16-6-12(20)10-2-4-11(15)5-3-10/h2-5,7,12,20H,6,8H2,1H3,(H,16,21). The first-order valence-electron chi connectivity index (χ1n) is 6.75. The van der Waals surface area contributed by atoms with E-state index in [2.05, 4.69) is 10.3 Å². The van der Waals surface area contributed by atoms with Gasteiger partial charge in [-0.25, -0.2) is 4.39 Å². The highest BCUT2D eigenvalue weighted by Gasteiger charge is 2.17. The Bertz CT molecular complexity index is 714. The molecule has 0 aliphatic carbocycles. The minimum atomic E-state index is -0.974. The normalized spacial score (nSPS) is 12.0. The molecule has 0 radical (unpaired) electrons. The van der Waals surface area contributed by atoms with Crippen molar-refractivity contribution >= 4 is 11.7 Å². The molecule has 2 rings (SSSR count). The van der Waals surface area contributed by atoms with Crippen LogP contribution in [0.1, 0.15) is 17.5 Å². The van der Waals surface area contributed by atoms with E-state index in [0.29, 0.717) is 11.4 Å². The van der Waals surface area contributed by atoms with Gasteiger partial charge in [-0.15, -0.1) is 0 Å². The quantitative estimate of drug-likeness (QED) is 0.611. The number of halogens is 1. The second-order valence-corrected chi connectivity index (χ2v) is 4.90. The number of aliphatic hydroxyl groups is 1. The molecule has 2 aromatic rings. The number of imidazole rings is 1. The van der Waals surface area contributed by atoms with Gasteiger partial charge in [0, 0.05) is 13.5 Å². The zero-order chi connectivity index (χ0) is 17.0. The third kappa shape index (κ3) is 4.33. The highest BCUT2D eigenvalue weighted by molar-refractivity contribution is 5.75. The molecule has 1 heterocycles. The number of carbonyl (C=O) groups excluding carboxylic acids is 1.